The number of carboxylic acid groups (broad SMARTS) is 1. The van der Waals surface area contributed by atoms with Gasteiger partial charge in [-0.15, -0.1) is 0 Å². The molecule has 0 aromatic heterocycles. The molecule has 4 aliphatic rings. The van der Waals surface area contributed by atoms with Crippen LogP contribution in [0.4, 0.5) is 0 Å². The lowest BCUT2D eigenvalue weighted by molar-refractivity contribution is -0.184. The molecular formula is C36H54N2O11. The van der Waals surface area contributed by atoms with Gasteiger partial charge in [-0.2, -0.15) is 0 Å². The van der Waals surface area contributed by atoms with Crippen molar-refractivity contribution in [2.45, 2.75) is 123 Å². The van der Waals surface area contributed by atoms with Crippen LogP contribution in [-0.2, 0) is 33.5 Å². The summed E-state index contributed by atoms with van der Waals surface area (Å²) in [6.07, 6.45) is 2.21. The van der Waals surface area contributed by atoms with Gasteiger partial charge in [0, 0.05) is 30.2 Å². The molecule has 0 radical (unpaired) electrons. The van der Waals surface area contributed by atoms with Gasteiger partial charge < -0.3 is 35.8 Å². The summed E-state index contributed by atoms with van der Waals surface area (Å²) >= 11 is 0. The predicted octanol–water partition coefficient (Wildman–Crippen LogP) is 1.84. The van der Waals surface area contributed by atoms with E-state index in [2.05, 4.69) is 17.6 Å². The number of rotatable bonds is 13. The summed E-state index contributed by atoms with van der Waals surface area (Å²) in [6, 6.07) is -0.992. The summed E-state index contributed by atoms with van der Waals surface area (Å²) in [5.41, 5.74) is -3.10. The van der Waals surface area contributed by atoms with Crippen LogP contribution in [-0.4, -0.2) is 92.7 Å². The number of carbonyl (C=O) groups excluding carboxylic acids is 5. The second-order valence-corrected chi connectivity index (χ2v) is 16.3. The van der Waals surface area contributed by atoms with Gasteiger partial charge in [0.25, 0.3) is 0 Å². The second kappa shape index (κ2) is 14.2. The van der Waals surface area contributed by atoms with Crippen molar-refractivity contribution in [2.75, 3.05) is 13.2 Å². The molecule has 49 heavy (non-hydrogen) atoms. The zero-order chi connectivity index (χ0) is 36.7. The molecule has 0 aromatic rings. The van der Waals surface area contributed by atoms with Gasteiger partial charge in [-0.1, -0.05) is 47.1 Å². The first-order valence-corrected chi connectivity index (χ1v) is 17.5. The largest absolute Gasteiger partial charge is 0.479 e. The SMILES string of the molecule is CC(C)[C@H](NC(=O)CCC(=O)OCC(=O)[C@]1(O)CC[C@@H]2[C@H]3CCC4=CC(=O)CC[C@]4(C)[C@@H]3[C@@H](O)C[C@@]21C)C(=O)NCC(C)(C)[C@H](O)C(=O)O. The highest BCUT2D eigenvalue weighted by Crippen LogP contribution is 2.67. The molecule has 0 heterocycles. The number of carboxylic acids is 1. The number of aliphatic hydroxyl groups is 3. The van der Waals surface area contributed by atoms with Crippen LogP contribution in [0, 0.1) is 39.9 Å². The molecule has 0 spiro atoms. The number of esters is 1. The first-order valence-electron chi connectivity index (χ1n) is 17.5. The van der Waals surface area contributed by atoms with E-state index < -0.39 is 70.8 Å². The Morgan fingerprint density at radius 1 is 1.06 bits per heavy atom. The maximum absolute atomic E-state index is 13.5. The molecule has 13 nitrogen and oxygen atoms in total. The van der Waals surface area contributed by atoms with Gasteiger partial charge in [-0.3, -0.25) is 24.0 Å². The lowest BCUT2D eigenvalue weighted by atomic mass is 9.45. The van der Waals surface area contributed by atoms with Crippen LogP contribution in [0.5, 0.6) is 0 Å². The predicted molar refractivity (Wildman–Crippen MR) is 175 cm³/mol. The number of ketones is 2. The molecule has 4 aliphatic carbocycles. The van der Waals surface area contributed by atoms with Crippen molar-refractivity contribution >= 4 is 35.3 Å². The van der Waals surface area contributed by atoms with Crippen molar-refractivity contribution in [3.05, 3.63) is 11.6 Å². The van der Waals surface area contributed by atoms with Crippen molar-refractivity contribution in [3.63, 3.8) is 0 Å². The molecule has 0 aromatic carbocycles. The zero-order valence-electron chi connectivity index (χ0n) is 29.5. The number of aliphatic hydroxyl groups excluding tert-OH is 2. The lowest BCUT2D eigenvalue weighted by Crippen LogP contribution is -2.62. The van der Waals surface area contributed by atoms with Crippen molar-refractivity contribution < 1.29 is 53.9 Å². The number of carbonyl (C=O) groups is 6. The standard InChI is InChI=1S/C36H54N2O11/c1-19(2)29(31(45)37-18-33(3,4)30(44)32(46)47)38-26(42)9-10-27(43)49-17-25(41)36(48)14-12-23-22-8-7-20-15-21(39)11-13-34(20,5)28(22)24(40)16-35(23,36)6/h15,19,22-24,28-30,40,44,48H,7-14,16-18H2,1-6H3,(H,37,45)(H,38,42)(H,46,47)/t22-,23-,24+,28+,29+,30-,34+,35+,36-/m1/s1. The smallest absolute Gasteiger partial charge is 0.333 e. The normalized spacial score (nSPS) is 33.7. The minimum absolute atomic E-state index is 0.0235. The van der Waals surface area contributed by atoms with E-state index in [4.69, 9.17) is 9.84 Å². The van der Waals surface area contributed by atoms with E-state index in [0.717, 1.165) is 18.4 Å². The first-order chi connectivity index (χ1) is 22.7. The Balaban J connectivity index is 1.30. The molecule has 0 unspecified atom stereocenters. The highest BCUT2D eigenvalue weighted by Gasteiger charge is 2.68. The van der Waals surface area contributed by atoms with Crippen LogP contribution in [0.3, 0.4) is 0 Å². The Bertz CT molecular complexity index is 1390. The summed E-state index contributed by atoms with van der Waals surface area (Å²) in [5, 5.41) is 47.6. The molecule has 6 N–H and O–H groups in total. The van der Waals surface area contributed by atoms with Crippen molar-refractivity contribution in [1.29, 1.82) is 0 Å². The maximum Gasteiger partial charge on any atom is 0.333 e. The van der Waals surface area contributed by atoms with Crippen LogP contribution in [0.15, 0.2) is 11.6 Å². The number of aliphatic carboxylic acids is 1. The van der Waals surface area contributed by atoms with Gasteiger partial charge in [0.1, 0.15) is 11.6 Å². The Morgan fingerprint density at radius 2 is 1.73 bits per heavy atom. The Morgan fingerprint density at radius 3 is 2.37 bits per heavy atom. The van der Waals surface area contributed by atoms with E-state index >= 15 is 0 Å². The quantitative estimate of drug-likeness (QED) is 0.153. The van der Waals surface area contributed by atoms with E-state index in [-0.39, 0.29) is 67.1 Å². The number of hydrogen-bond donors (Lipinski definition) is 6. The maximum atomic E-state index is 13.5. The number of ether oxygens (including phenoxy) is 1. The molecule has 0 bridgehead atoms. The molecule has 3 saturated carbocycles. The molecule has 4 rings (SSSR count). The molecular weight excluding hydrogens is 636 g/mol. The third kappa shape index (κ3) is 7.35. The van der Waals surface area contributed by atoms with E-state index in [1.54, 1.807) is 19.9 Å². The molecule has 0 saturated heterocycles. The summed E-state index contributed by atoms with van der Waals surface area (Å²) in [4.78, 5) is 74.9. The zero-order valence-corrected chi connectivity index (χ0v) is 29.5. The number of nitrogens with one attached hydrogen (secondary N) is 2. The molecule has 2 amide bonds. The number of fused-ring (bicyclic) bond motifs is 5. The Labute approximate surface area is 287 Å². The highest BCUT2D eigenvalue weighted by atomic mass is 16.5. The van der Waals surface area contributed by atoms with Gasteiger partial charge in [0.15, 0.2) is 18.5 Å². The van der Waals surface area contributed by atoms with Crippen LogP contribution in [0.25, 0.3) is 0 Å². The minimum Gasteiger partial charge on any atom is -0.479 e. The summed E-state index contributed by atoms with van der Waals surface area (Å²) in [5.74, 6) is -4.32. The first kappa shape index (κ1) is 38.6. The van der Waals surface area contributed by atoms with Gasteiger partial charge in [-0.05, 0) is 73.7 Å². The van der Waals surface area contributed by atoms with Crippen LogP contribution >= 0.6 is 0 Å². The highest BCUT2D eigenvalue weighted by molar-refractivity contribution is 5.93. The van der Waals surface area contributed by atoms with Crippen molar-refractivity contribution in [1.82, 2.24) is 10.6 Å². The second-order valence-electron chi connectivity index (χ2n) is 16.3. The lowest BCUT2D eigenvalue weighted by Gasteiger charge is -2.60. The van der Waals surface area contributed by atoms with Crippen LogP contribution < -0.4 is 10.6 Å². The third-order valence-corrected chi connectivity index (χ3v) is 12.4. The molecule has 13 heteroatoms. The summed E-state index contributed by atoms with van der Waals surface area (Å²) in [6.45, 7) is 9.51. The third-order valence-electron chi connectivity index (χ3n) is 12.4. The molecule has 0 aliphatic heterocycles. The summed E-state index contributed by atoms with van der Waals surface area (Å²) in [7, 11) is 0. The fourth-order valence-electron chi connectivity index (χ4n) is 9.34. The van der Waals surface area contributed by atoms with Crippen molar-refractivity contribution in [3.8, 4) is 0 Å². The fraction of sp³-hybridized carbons (Fsp3) is 0.778. The van der Waals surface area contributed by atoms with Gasteiger partial charge >= 0.3 is 11.9 Å². The number of Topliss-reactive ketones (excluding diaryl/α,β-unsaturated/α-hetero) is 1. The van der Waals surface area contributed by atoms with Gasteiger partial charge in [0.2, 0.25) is 17.6 Å². The monoisotopic (exact) mass is 690 g/mol. The molecule has 3 fully saturated rings. The average Bonchev–Trinajstić information content (AvgIpc) is 3.30. The van der Waals surface area contributed by atoms with E-state index in [1.165, 1.54) is 13.8 Å². The van der Waals surface area contributed by atoms with Crippen LogP contribution in [0.2, 0.25) is 0 Å². The Kier molecular flexibility index (Phi) is 11.2. The number of allylic oxidation sites excluding steroid dienone is 1. The van der Waals surface area contributed by atoms with E-state index in [0.29, 0.717) is 19.3 Å². The van der Waals surface area contributed by atoms with Crippen LogP contribution in [0.1, 0.15) is 99.3 Å². The molecule has 274 valence electrons. The fourth-order valence-corrected chi connectivity index (χ4v) is 9.34. The van der Waals surface area contributed by atoms with Gasteiger partial charge in [-0.25, -0.2) is 4.79 Å². The molecule has 9 atom stereocenters. The van der Waals surface area contributed by atoms with E-state index in [9.17, 15) is 44.1 Å². The topological polar surface area (TPSA) is 217 Å². The number of amides is 2. The minimum atomic E-state index is -1.80. The summed E-state index contributed by atoms with van der Waals surface area (Å²) < 4.78 is 5.22. The van der Waals surface area contributed by atoms with E-state index in [1.807, 2.05) is 6.92 Å². The van der Waals surface area contributed by atoms with Gasteiger partial charge in [0.05, 0.1) is 12.5 Å². The number of hydrogen-bond acceptors (Lipinski definition) is 10. The average molecular weight is 691 g/mol. The Hall–Kier alpha value is -3.16. The van der Waals surface area contributed by atoms with Crippen molar-refractivity contribution in [2.24, 2.45) is 39.9 Å².